The average molecular weight is 806 g/mol. The van der Waals surface area contributed by atoms with Crippen LogP contribution in [-0.2, 0) is 9.59 Å². The predicted molar refractivity (Wildman–Crippen MR) is 227 cm³/mol. The van der Waals surface area contributed by atoms with Gasteiger partial charge >= 0.3 is 0 Å². The zero-order valence-corrected chi connectivity index (χ0v) is 33.6. The first-order valence-electron chi connectivity index (χ1n) is 21.2. The minimum atomic E-state index is -0.958. The summed E-state index contributed by atoms with van der Waals surface area (Å²) >= 11 is 0. The van der Waals surface area contributed by atoms with Gasteiger partial charge in [0.15, 0.2) is 0 Å². The van der Waals surface area contributed by atoms with Gasteiger partial charge in [-0.25, -0.2) is 9.97 Å². The third-order valence-electron chi connectivity index (χ3n) is 13.6. The zero-order valence-electron chi connectivity index (χ0n) is 33.6. The number of amides is 4. The molecule has 5 aromatic rings. The summed E-state index contributed by atoms with van der Waals surface area (Å²) in [6.07, 6.45) is 9.10. The van der Waals surface area contributed by atoms with Crippen molar-refractivity contribution < 1.29 is 23.9 Å². The number of para-hydroxylation sites is 1. The Morgan fingerprint density at radius 1 is 0.850 bits per heavy atom. The quantitative estimate of drug-likeness (QED) is 0.170. The molecule has 11 rings (SSSR count). The van der Waals surface area contributed by atoms with Gasteiger partial charge in [-0.05, 0) is 87.7 Å². The minimum Gasteiger partial charge on any atom is -0.494 e. The maximum absolute atomic E-state index is 13.3. The Bertz CT molecular complexity index is 2580. The van der Waals surface area contributed by atoms with E-state index in [9.17, 15) is 19.2 Å². The van der Waals surface area contributed by atoms with Gasteiger partial charge in [0, 0.05) is 103 Å². The third-order valence-corrected chi connectivity index (χ3v) is 13.6. The molecule has 5 aliphatic heterocycles. The Kier molecular flexibility index (Phi) is 8.69. The molecule has 4 amide bonds. The number of ether oxygens (including phenoxy) is 1. The van der Waals surface area contributed by atoms with Crippen LogP contribution in [0.25, 0.3) is 22.2 Å². The predicted octanol–water partition coefficient (Wildman–Crippen LogP) is 5.63. The Balaban J connectivity index is 0.670. The molecule has 60 heavy (non-hydrogen) atoms. The molecule has 1 spiro atoms. The molecule has 2 aromatic heterocycles. The van der Waals surface area contributed by atoms with Gasteiger partial charge in [-0.3, -0.25) is 29.4 Å². The number of piperidine rings is 2. The van der Waals surface area contributed by atoms with Crippen LogP contribution in [0, 0.1) is 11.3 Å². The Labute approximate surface area is 347 Å². The fourth-order valence-corrected chi connectivity index (χ4v) is 10.1. The molecule has 1 atom stereocenters. The molecule has 1 saturated carbocycles. The van der Waals surface area contributed by atoms with E-state index in [2.05, 4.69) is 83.5 Å². The fraction of sp³-hybridized carbons (Fsp3) is 0.391. The van der Waals surface area contributed by atoms with Gasteiger partial charge in [0.1, 0.15) is 11.8 Å². The molecule has 5 fully saturated rings. The standard InChI is InChI=1S/C46H47N9O5/c1-60-40-21-31(9-11-37(40)49-45-47-17-14-36(48-45)35-25-54(29-6-7-29)38-5-3-2-4-32(35)38)53-26-46(27-53)15-18-51(19-16-46)22-28-23-52(24-28)30-8-10-33-34(20-30)44(59)55(43(33)58)39-12-13-41(56)50-42(39)57/h2-5,8-11,14,17,20-21,25,28-29,39H,6-7,12-13,15-16,18-19,22-24,26-27H2,1H3,(H,47,48,49)(H,50,56,57). The highest BCUT2D eigenvalue weighted by molar-refractivity contribution is 6.23. The zero-order chi connectivity index (χ0) is 40.7. The lowest BCUT2D eigenvalue weighted by Crippen LogP contribution is -2.61. The molecule has 0 bridgehead atoms. The summed E-state index contributed by atoms with van der Waals surface area (Å²) in [6.45, 7) is 7.07. The SMILES string of the molecule is COc1cc(N2CC3(CCN(CC4CN(c5ccc6c(c5)C(=O)N(C5CCC(=O)NC5=O)C6=O)C4)CC3)C2)ccc1Nc1nccc(-c2cn(C3CC3)c3ccccc23)n1. The van der Waals surface area contributed by atoms with Crippen molar-refractivity contribution in [1.82, 2.24) is 29.7 Å². The number of rotatable bonds is 10. The maximum atomic E-state index is 13.3. The van der Waals surface area contributed by atoms with Gasteiger partial charge in [0.25, 0.3) is 11.8 Å². The monoisotopic (exact) mass is 805 g/mol. The molecular formula is C46H47N9O5. The van der Waals surface area contributed by atoms with E-state index < -0.39 is 23.8 Å². The van der Waals surface area contributed by atoms with E-state index in [1.165, 1.54) is 36.6 Å². The molecule has 306 valence electrons. The van der Waals surface area contributed by atoms with Crippen LogP contribution in [0.3, 0.4) is 0 Å². The third kappa shape index (κ3) is 6.35. The average Bonchev–Trinajstić information content (AvgIpc) is 3.96. The highest BCUT2D eigenvalue weighted by Gasteiger charge is 2.47. The second-order valence-corrected chi connectivity index (χ2v) is 17.6. The second kappa shape index (κ2) is 14.2. The molecule has 4 saturated heterocycles. The lowest BCUT2D eigenvalue weighted by atomic mass is 9.71. The fourth-order valence-electron chi connectivity index (χ4n) is 10.1. The molecular weight excluding hydrogens is 759 g/mol. The van der Waals surface area contributed by atoms with Crippen LogP contribution in [0.2, 0.25) is 0 Å². The second-order valence-electron chi connectivity index (χ2n) is 17.6. The number of nitrogens with zero attached hydrogens (tertiary/aromatic N) is 7. The molecule has 3 aromatic carbocycles. The number of methoxy groups -OCH3 is 1. The number of hydrogen-bond donors (Lipinski definition) is 2. The van der Waals surface area contributed by atoms with Crippen LogP contribution in [0.4, 0.5) is 23.0 Å². The van der Waals surface area contributed by atoms with Crippen LogP contribution < -0.4 is 25.2 Å². The highest BCUT2D eigenvalue weighted by atomic mass is 16.5. The molecule has 2 N–H and O–H groups in total. The minimum absolute atomic E-state index is 0.103. The molecule has 14 nitrogen and oxygen atoms in total. The molecule has 14 heteroatoms. The highest BCUT2D eigenvalue weighted by Crippen LogP contribution is 2.45. The van der Waals surface area contributed by atoms with Gasteiger partial charge < -0.3 is 29.3 Å². The largest absolute Gasteiger partial charge is 0.494 e. The summed E-state index contributed by atoms with van der Waals surface area (Å²) in [7, 11) is 1.71. The number of aromatic nitrogens is 3. The molecule has 1 aliphatic carbocycles. The van der Waals surface area contributed by atoms with E-state index in [1.54, 1.807) is 19.2 Å². The summed E-state index contributed by atoms with van der Waals surface area (Å²) < 4.78 is 8.27. The summed E-state index contributed by atoms with van der Waals surface area (Å²) in [5, 5.41) is 6.88. The normalized spacial score (nSPS) is 21.6. The van der Waals surface area contributed by atoms with Gasteiger partial charge in [0.2, 0.25) is 17.8 Å². The Morgan fingerprint density at radius 3 is 2.40 bits per heavy atom. The molecule has 6 aliphatic rings. The van der Waals surface area contributed by atoms with Crippen LogP contribution in [0.1, 0.15) is 65.3 Å². The summed E-state index contributed by atoms with van der Waals surface area (Å²) in [5.74, 6) is -0.0995. The topological polar surface area (TPSA) is 145 Å². The van der Waals surface area contributed by atoms with E-state index in [0.29, 0.717) is 34.4 Å². The van der Waals surface area contributed by atoms with E-state index in [4.69, 9.17) is 9.72 Å². The number of imide groups is 2. The van der Waals surface area contributed by atoms with Crippen LogP contribution >= 0.6 is 0 Å². The summed E-state index contributed by atoms with van der Waals surface area (Å²) in [6, 6.07) is 21.9. The Morgan fingerprint density at radius 2 is 1.62 bits per heavy atom. The number of carbonyl (C=O) groups is 4. The van der Waals surface area contributed by atoms with Crippen molar-refractivity contribution in [3.8, 4) is 17.0 Å². The smallest absolute Gasteiger partial charge is 0.262 e. The molecule has 1 unspecified atom stereocenters. The first-order chi connectivity index (χ1) is 29.2. The van der Waals surface area contributed by atoms with Crippen LogP contribution in [-0.4, -0.2) is 107 Å². The van der Waals surface area contributed by atoms with E-state index in [1.807, 2.05) is 18.3 Å². The van der Waals surface area contributed by atoms with Crippen LogP contribution in [0.15, 0.2) is 79.1 Å². The molecule has 7 heterocycles. The van der Waals surface area contributed by atoms with Crippen molar-refractivity contribution in [3.63, 3.8) is 0 Å². The van der Waals surface area contributed by atoms with Gasteiger partial charge in [0.05, 0.1) is 29.6 Å². The Hall–Kier alpha value is -6.28. The lowest BCUT2D eigenvalue weighted by molar-refractivity contribution is -0.136. The summed E-state index contributed by atoms with van der Waals surface area (Å²) in [5.41, 5.74) is 7.12. The van der Waals surface area contributed by atoms with Crippen molar-refractivity contribution in [3.05, 3.63) is 90.3 Å². The van der Waals surface area contributed by atoms with E-state index >= 15 is 0 Å². The lowest BCUT2D eigenvalue weighted by Gasteiger charge is -2.55. The number of benzene rings is 3. The van der Waals surface area contributed by atoms with Crippen molar-refractivity contribution >= 4 is 57.5 Å². The number of likely N-dealkylation sites (tertiary alicyclic amines) is 1. The van der Waals surface area contributed by atoms with Crippen molar-refractivity contribution in [2.24, 2.45) is 11.3 Å². The van der Waals surface area contributed by atoms with Crippen molar-refractivity contribution in [1.29, 1.82) is 0 Å². The van der Waals surface area contributed by atoms with Crippen molar-refractivity contribution in [2.45, 2.75) is 50.6 Å². The number of carbonyl (C=O) groups excluding carboxylic acids is 4. The number of anilines is 4. The van der Waals surface area contributed by atoms with Gasteiger partial charge in [-0.1, -0.05) is 18.2 Å². The number of nitrogens with one attached hydrogen (secondary N) is 2. The first-order valence-corrected chi connectivity index (χ1v) is 21.2. The van der Waals surface area contributed by atoms with E-state index in [0.717, 1.165) is 84.8 Å². The maximum Gasteiger partial charge on any atom is 0.262 e. The molecule has 0 radical (unpaired) electrons. The summed E-state index contributed by atoms with van der Waals surface area (Å²) in [4.78, 5) is 68.3. The van der Waals surface area contributed by atoms with Gasteiger partial charge in [-0.15, -0.1) is 0 Å². The number of hydrogen-bond acceptors (Lipinski definition) is 11. The first kappa shape index (κ1) is 36.8. The van der Waals surface area contributed by atoms with Gasteiger partial charge in [-0.2, -0.15) is 0 Å². The van der Waals surface area contributed by atoms with Crippen LogP contribution in [0.5, 0.6) is 5.75 Å². The number of fused-ring (bicyclic) bond motifs is 2. The van der Waals surface area contributed by atoms with Crippen molar-refractivity contribution in [2.75, 3.05) is 68.0 Å². The van der Waals surface area contributed by atoms with E-state index in [-0.39, 0.29) is 18.7 Å².